The van der Waals surface area contributed by atoms with Gasteiger partial charge in [0.05, 0.1) is 17.6 Å². The fraction of sp³-hybridized carbons (Fsp3) is 0.458. The van der Waals surface area contributed by atoms with E-state index in [2.05, 4.69) is 4.74 Å². The lowest BCUT2D eigenvalue weighted by atomic mass is 9.77. The lowest BCUT2D eigenvalue weighted by molar-refractivity contribution is -0.348. The Labute approximate surface area is 208 Å². The predicted molar refractivity (Wildman–Crippen MR) is 117 cm³/mol. The smallest absolute Gasteiger partial charge is 0.435 e. The molecule has 1 saturated heterocycles. The number of carbonyl (C=O) groups excluding carboxylic acids is 1. The average Bonchev–Trinajstić information content (AvgIpc) is 3.19. The maximum absolute atomic E-state index is 14.8. The maximum atomic E-state index is 14.8. The minimum absolute atomic E-state index is 0.0148. The van der Waals surface area contributed by atoms with Gasteiger partial charge in [-0.25, -0.2) is 17.6 Å². The lowest BCUT2D eigenvalue weighted by Gasteiger charge is -2.42. The van der Waals surface area contributed by atoms with Crippen molar-refractivity contribution >= 4 is 15.8 Å². The van der Waals surface area contributed by atoms with Crippen molar-refractivity contribution in [1.82, 2.24) is 4.90 Å². The second-order valence-corrected chi connectivity index (χ2v) is 11.4. The average molecular weight is 553 g/mol. The zero-order chi connectivity index (χ0) is 27.6. The monoisotopic (exact) mass is 553 g/mol. The van der Waals surface area contributed by atoms with Gasteiger partial charge in [-0.15, -0.1) is 0 Å². The molecule has 13 heteroatoms. The van der Waals surface area contributed by atoms with Crippen molar-refractivity contribution in [1.29, 1.82) is 0 Å². The highest BCUT2D eigenvalue weighted by molar-refractivity contribution is 7.92. The number of nitrogens with zero attached hydrogens (tertiary/aromatic N) is 1. The maximum Gasteiger partial charge on any atom is 0.435 e. The molecule has 2 aromatic rings. The molecule has 0 spiro atoms. The van der Waals surface area contributed by atoms with Gasteiger partial charge in [0.2, 0.25) is 0 Å². The van der Waals surface area contributed by atoms with Crippen molar-refractivity contribution in [3.63, 3.8) is 0 Å². The van der Waals surface area contributed by atoms with Crippen molar-refractivity contribution in [2.45, 2.75) is 53.0 Å². The Balaban J connectivity index is 1.90. The third-order valence-electron chi connectivity index (χ3n) is 7.40. The molecule has 1 aliphatic heterocycles. The SMILES string of the molecule is COC(=O)c1ccc(S(=O)(=O)C23CCN(C)C2CCc2cc(C(F)(C(F)(F)F)C(F)(F)F)ccc23)cc1. The molecule has 5 nitrogen and oxygen atoms in total. The lowest BCUT2D eigenvalue weighted by Crippen LogP contribution is -2.51. The molecule has 2 aromatic carbocycles. The van der Waals surface area contributed by atoms with Gasteiger partial charge in [-0.1, -0.05) is 18.2 Å². The number of sulfone groups is 1. The number of rotatable bonds is 4. The Morgan fingerprint density at radius 3 is 2.14 bits per heavy atom. The Morgan fingerprint density at radius 2 is 1.59 bits per heavy atom. The number of hydrogen-bond acceptors (Lipinski definition) is 5. The number of carbonyl (C=O) groups is 1. The van der Waals surface area contributed by atoms with Crippen LogP contribution in [0.2, 0.25) is 0 Å². The van der Waals surface area contributed by atoms with Gasteiger partial charge < -0.3 is 9.64 Å². The Kier molecular flexibility index (Phi) is 6.42. The second kappa shape index (κ2) is 8.69. The number of likely N-dealkylation sites (tertiary alicyclic amines) is 1. The second-order valence-electron chi connectivity index (χ2n) is 9.22. The summed E-state index contributed by atoms with van der Waals surface area (Å²) in [5, 5.41) is 0. The van der Waals surface area contributed by atoms with Gasteiger partial charge in [0.25, 0.3) is 0 Å². The number of hydrogen-bond donors (Lipinski definition) is 0. The number of alkyl halides is 7. The number of methoxy groups -OCH3 is 1. The quantitative estimate of drug-likeness (QED) is 0.391. The van der Waals surface area contributed by atoms with E-state index >= 15 is 0 Å². The van der Waals surface area contributed by atoms with Crippen LogP contribution in [0.4, 0.5) is 30.7 Å². The zero-order valence-electron chi connectivity index (χ0n) is 19.6. The first-order valence-corrected chi connectivity index (χ1v) is 12.6. The number of halogens is 7. The van der Waals surface area contributed by atoms with Crippen molar-refractivity contribution in [2.24, 2.45) is 0 Å². The number of likely N-dealkylation sites (N-methyl/N-ethyl adjacent to an activating group) is 1. The van der Waals surface area contributed by atoms with E-state index in [1.165, 1.54) is 24.3 Å². The first-order chi connectivity index (χ1) is 17.0. The molecule has 0 bridgehead atoms. The topological polar surface area (TPSA) is 63.7 Å². The van der Waals surface area contributed by atoms with E-state index in [0.29, 0.717) is 18.7 Å². The fourth-order valence-electron chi connectivity index (χ4n) is 5.55. The van der Waals surface area contributed by atoms with E-state index in [4.69, 9.17) is 0 Å². The summed E-state index contributed by atoms with van der Waals surface area (Å²) in [7, 11) is -1.46. The third-order valence-corrected chi connectivity index (χ3v) is 9.95. The predicted octanol–water partition coefficient (Wildman–Crippen LogP) is 5.08. The summed E-state index contributed by atoms with van der Waals surface area (Å²) < 4.78 is 126. The molecule has 4 rings (SSSR count). The van der Waals surface area contributed by atoms with Gasteiger partial charge in [-0.2, -0.15) is 26.3 Å². The number of benzene rings is 2. The summed E-state index contributed by atoms with van der Waals surface area (Å²) in [5.41, 5.74) is -7.22. The summed E-state index contributed by atoms with van der Waals surface area (Å²) in [4.78, 5) is 13.4. The van der Waals surface area contributed by atoms with Crippen LogP contribution in [0, 0.1) is 0 Å². The van der Waals surface area contributed by atoms with E-state index in [0.717, 1.165) is 13.2 Å². The van der Waals surface area contributed by atoms with Gasteiger partial charge in [0, 0.05) is 18.2 Å². The van der Waals surface area contributed by atoms with Crippen LogP contribution in [0.25, 0.3) is 0 Å². The van der Waals surface area contributed by atoms with Crippen LogP contribution >= 0.6 is 0 Å². The molecule has 0 radical (unpaired) electrons. The van der Waals surface area contributed by atoms with Gasteiger partial charge in [0.15, 0.2) is 9.84 Å². The molecule has 202 valence electrons. The van der Waals surface area contributed by atoms with Crippen LogP contribution in [0.15, 0.2) is 47.4 Å². The van der Waals surface area contributed by atoms with Gasteiger partial charge in [-0.3, -0.25) is 0 Å². The van der Waals surface area contributed by atoms with E-state index < -0.39 is 50.2 Å². The first-order valence-electron chi connectivity index (χ1n) is 11.1. The van der Waals surface area contributed by atoms with Crippen LogP contribution in [0.1, 0.15) is 39.9 Å². The normalized spacial score (nSPS) is 22.9. The molecule has 0 saturated carbocycles. The van der Waals surface area contributed by atoms with Crippen LogP contribution in [0.3, 0.4) is 0 Å². The summed E-state index contributed by atoms with van der Waals surface area (Å²) in [6.45, 7) is 0.295. The summed E-state index contributed by atoms with van der Waals surface area (Å²) in [5.74, 6) is -0.694. The van der Waals surface area contributed by atoms with Crippen molar-refractivity contribution < 1.29 is 48.7 Å². The summed E-state index contributed by atoms with van der Waals surface area (Å²) in [6, 6.07) is 6.02. The van der Waals surface area contributed by atoms with Crippen molar-refractivity contribution in [2.75, 3.05) is 20.7 Å². The van der Waals surface area contributed by atoms with Crippen LogP contribution in [0.5, 0.6) is 0 Å². The molecular weight excluding hydrogens is 531 g/mol. The van der Waals surface area contributed by atoms with E-state index in [1.54, 1.807) is 11.9 Å². The number of fused-ring (bicyclic) bond motifs is 3. The fourth-order valence-corrected chi connectivity index (χ4v) is 7.97. The summed E-state index contributed by atoms with van der Waals surface area (Å²) in [6.07, 6.45) is -12.5. The molecule has 1 fully saturated rings. The molecule has 0 aromatic heterocycles. The minimum atomic E-state index is -6.28. The molecule has 37 heavy (non-hydrogen) atoms. The van der Waals surface area contributed by atoms with Crippen molar-refractivity contribution in [3.05, 3.63) is 64.7 Å². The zero-order valence-corrected chi connectivity index (χ0v) is 20.4. The number of aryl methyl sites for hydroxylation is 1. The van der Waals surface area contributed by atoms with Crippen LogP contribution in [-0.4, -0.2) is 58.4 Å². The Bertz CT molecular complexity index is 1310. The van der Waals surface area contributed by atoms with E-state index in [9.17, 15) is 43.9 Å². The van der Waals surface area contributed by atoms with Gasteiger partial charge in [0.1, 0.15) is 4.75 Å². The van der Waals surface area contributed by atoms with E-state index in [-0.39, 0.29) is 40.8 Å². The number of ether oxygens (including phenoxy) is 1. The Morgan fingerprint density at radius 1 is 1.00 bits per heavy atom. The Hall–Kier alpha value is -2.67. The highest BCUT2D eigenvalue weighted by Crippen LogP contribution is 2.56. The van der Waals surface area contributed by atoms with Gasteiger partial charge >= 0.3 is 24.0 Å². The first kappa shape index (κ1) is 27.4. The molecule has 0 amide bonds. The molecule has 1 heterocycles. The van der Waals surface area contributed by atoms with Crippen molar-refractivity contribution in [3.8, 4) is 0 Å². The number of esters is 1. The molecule has 1 aliphatic carbocycles. The van der Waals surface area contributed by atoms with E-state index in [1.807, 2.05) is 0 Å². The molecule has 2 atom stereocenters. The highest BCUT2D eigenvalue weighted by Gasteiger charge is 2.73. The van der Waals surface area contributed by atoms with Crippen LogP contribution in [-0.2, 0) is 31.4 Å². The van der Waals surface area contributed by atoms with Gasteiger partial charge in [-0.05, 0) is 61.7 Å². The third kappa shape index (κ3) is 3.84. The summed E-state index contributed by atoms with van der Waals surface area (Å²) >= 11 is 0. The molecule has 2 aliphatic rings. The molecular formula is C24H22F7NO4S. The standard InChI is InChI=1S/C24H22F7NO4S/c1-32-12-11-21(37(34,35)17-7-3-14(4-8-17)20(33)36-2)18-9-6-16(13-15(18)5-10-19(21)32)22(25,23(26,27)28)24(29,30)31/h3-4,6-9,13,19H,5,10-12H2,1-2H3. The van der Waals surface area contributed by atoms with Crippen LogP contribution < -0.4 is 0 Å². The molecule has 0 N–H and O–H groups in total. The highest BCUT2D eigenvalue weighted by atomic mass is 32.2. The largest absolute Gasteiger partial charge is 0.465 e. The minimum Gasteiger partial charge on any atom is -0.465 e. The molecule has 2 unspecified atom stereocenters.